The lowest BCUT2D eigenvalue weighted by Gasteiger charge is -2.15. The predicted molar refractivity (Wildman–Crippen MR) is 73.0 cm³/mol. The average molecular weight is 282 g/mol. The van der Waals surface area contributed by atoms with E-state index in [0.29, 0.717) is 5.82 Å². The summed E-state index contributed by atoms with van der Waals surface area (Å²) in [6.07, 6.45) is 4.65. The third kappa shape index (κ3) is 4.36. The average Bonchev–Trinajstić information content (AvgIpc) is 2.84. The van der Waals surface area contributed by atoms with E-state index in [4.69, 9.17) is 9.47 Å². The normalized spacial score (nSPS) is 10.6. The van der Waals surface area contributed by atoms with Gasteiger partial charge in [0.1, 0.15) is 5.82 Å². The van der Waals surface area contributed by atoms with Gasteiger partial charge in [0.25, 0.3) is 0 Å². The van der Waals surface area contributed by atoms with Crippen LogP contribution in [0.25, 0.3) is 0 Å². The fourth-order valence-electron chi connectivity index (χ4n) is 1.91. The predicted octanol–water partition coefficient (Wildman–Crippen LogP) is 1.58. The van der Waals surface area contributed by atoms with Crippen LogP contribution in [0, 0.1) is 5.92 Å². The SMILES string of the molecule is CCCn1ccnc1CC(C(=O)OCC)C(=O)OCC. The Morgan fingerprint density at radius 3 is 2.30 bits per heavy atom. The van der Waals surface area contributed by atoms with Gasteiger partial charge >= 0.3 is 11.9 Å². The fourth-order valence-corrected chi connectivity index (χ4v) is 1.91. The molecule has 0 aliphatic rings. The van der Waals surface area contributed by atoms with E-state index in [1.165, 1.54) is 0 Å². The number of aryl methyl sites for hydroxylation is 1. The Balaban J connectivity index is 2.85. The molecule has 1 aromatic heterocycles. The molecule has 112 valence electrons. The standard InChI is InChI=1S/C14H22N2O4/c1-4-8-16-9-7-15-12(16)10-11(13(17)19-5-2)14(18)20-6-3/h7,9,11H,4-6,8,10H2,1-3H3. The molecule has 0 radical (unpaired) electrons. The van der Waals surface area contributed by atoms with Crippen LogP contribution in [0.4, 0.5) is 0 Å². The van der Waals surface area contributed by atoms with Gasteiger partial charge in [0, 0.05) is 25.4 Å². The number of rotatable bonds is 8. The second kappa shape index (κ2) is 8.35. The van der Waals surface area contributed by atoms with Crippen LogP contribution in [0.15, 0.2) is 12.4 Å². The Bertz CT molecular complexity index is 424. The molecule has 1 rings (SSSR count). The van der Waals surface area contributed by atoms with Gasteiger partial charge in [-0.15, -0.1) is 0 Å². The molecule has 0 bridgehead atoms. The molecule has 0 amide bonds. The first kappa shape index (κ1) is 16.2. The van der Waals surface area contributed by atoms with Crippen molar-refractivity contribution >= 4 is 11.9 Å². The van der Waals surface area contributed by atoms with Crippen LogP contribution >= 0.6 is 0 Å². The number of hydrogen-bond donors (Lipinski definition) is 0. The number of aromatic nitrogens is 2. The maximum Gasteiger partial charge on any atom is 0.320 e. The second-order valence-corrected chi connectivity index (χ2v) is 4.30. The van der Waals surface area contributed by atoms with Crippen molar-refractivity contribution in [2.24, 2.45) is 5.92 Å². The van der Waals surface area contributed by atoms with Crippen molar-refractivity contribution in [1.29, 1.82) is 0 Å². The maximum atomic E-state index is 11.9. The van der Waals surface area contributed by atoms with Gasteiger partial charge in [-0.2, -0.15) is 0 Å². The minimum atomic E-state index is -0.951. The van der Waals surface area contributed by atoms with Gasteiger partial charge in [-0.1, -0.05) is 6.92 Å². The van der Waals surface area contributed by atoms with E-state index in [-0.39, 0.29) is 19.6 Å². The van der Waals surface area contributed by atoms with Gasteiger partial charge in [-0.05, 0) is 20.3 Å². The first-order valence-corrected chi connectivity index (χ1v) is 6.97. The molecule has 0 aromatic carbocycles. The summed E-state index contributed by atoms with van der Waals surface area (Å²) in [6, 6.07) is 0. The van der Waals surface area contributed by atoms with E-state index in [0.717, 1.165) is 13.0 Å². The highest BCUT2D eigenvalue weighted by Gasteiger charge is 2.31. The van der Waals surface area contributed by atoms with E-state index >= 15 is 0 Å². The van der Waals surface area contributed by atoms with E-state index in [2.05, 4.69) is 11.9 Å². The Morgan fingerprint density at radius 1 is 1.20 bits per heavy atom. The van der Waals surface area contributed by atoms with Crippen LogP contribution in [0.2, 0.25) is 0 Å². The first-order chi connectivity index (χ1) is 9.63. The number of esters is 2. The van der Waals surface area contributed by atoms with Gasteiger partial charge < -0.3 is 14.0 Å². The molecule has 0 saturated carbocycles. The van der Waals surface area contributed by atoms with Gasteiger partial charge in [-0.3, -0.25) is 9.59 Å². The highest BCUT2D eigenvalue weighted by molar-refractivity contribution is 5.95. The zero-order valence-electron chi connectivity index (χ0n) is 12.3. The van der Waals surface area contributed by atoms with Crippen molar-refractivity contribution in [2.75, 3.05) is 13.2 Å². The molecule has 0 fully saturated rings. The lowest BCUT2D eigenvalue weighted by Crippen LogP contribution is -2.31. The molecule has 0 spiro atoms. The van der Waals surface area contributed by atoms with E-state index in [9.17, 15) is 9.59 Å². The Labute approximate surface area is 119 Å². The number of hydrogen-bond acceptors (Lipinski definition) is 5. The maximum absolute atomic E-state index is 11.9. The molecule has 0 atom stereocenters. The van der Waals surface area contributed by atoms with Crippen LogP contribution < -0.4 is 0 Å². The smallest absolute Gasteiger partial charge is 0.320 e. The van der Waals surface area contributed by atoms with Crippen LogP contribution in [0.1, 0.15) is 33.0 Å². The summed E-state index contributed by atoms with van der Waals surface area (Å²) in [4.78, 5) is 28.0. The summed E-state index contributed by atoms with van der Waals surface area (Å²) >= 11 is 0. The van der Waals surface area contributed by atoms with Crippen molar-refractivity contribution in [3.63, 3.8) is 0 Å². The molecule has 20 heavy (non-hydrogen) atoms. The van der Waals surface area contributed by atoms with Crippen LogP contribution in [0.5, 0.6) is 0 Å². The summed E-state index contributed by atoms with van der Waals surface area (Å²) < 4.78 is 11.8. The summed E-state index contributed by atoms with van der Waals surface area (Å²) in [6.45, 7) is 6.73. The van der Waals surface area contributed by atoms with Crippen molar-refractivity contribution in [1.82, 2.24) is 9.55 Å². The minimum Gasteiger partial charge on any atom is -0.465 e. The monoisotopic (exact) mass is 282 g/mol. The number of carbonyl (C=O) groups is 2. The highest BCUT2D eigenvalue weighted by Crippen LogP contribution is 2.12. The van der Waals surface area contributed by atoms with Crippen LogP contribution in [-0.4, -0.2) is 34.7 Å². The molecule has 6 nitrogen and oxygen atoms in total. The third-order valence-electron chi connectivity index (χ3n) is 2.80. The van der Waals surface area contributed by atoms with Gasteiger partial charge in [0.15, 0.2) is 5.92 Å². The molecular weight excluding hydrogens is 260 g/mol. The lowest BCUT2D eigenvalue weighted by atomic mass is 10.1. The van der Waals surface area contributed by atoms with Crippen LogP contribution in [-0.2, 0) is 32.0 Å². The molecule has 0 saturated heterocycles. The molecule has 6 heteroatoms. The van der Waals surface area contributed by atoms with E-state index in [1.54, 1.807) is 20.0 Å². The van der Waals surface area contributed by atoms with Crippen LogP contribution in [0.3, 0.4) is 0 Å². The van der Waals surface area contributed by atoms with Crippen molar-refractivity contribution < 1.29 is 19.1 Å². The topological polar surface area (TPSA) is 70.4 Å². The Morgan fingerprint density at radius 2 is 1.80 bits per heavy atom. The zero-order chi connectivity index (χ0) is 15.0. The van der Waals surface area contributed by atoms with Gasteiger partial charge in [-0.25, -0.2) is 4.98 Å². The number of imidazole rings is 1. The molecule has 0 aliphatic carbocycles. The van der Waals surface area contributed by atoms with E-state index < -0.39 is 17.9 Å². The zero-order valence-corrected chi connectivity index (χ0v) is 12.3. The second-order valence-electron chi connectivity index (χ2n) is 4.30. The number of ether oxygens (including phenoxy) is 2. The van der Waals surface area contributed by atoms with Gasteiger partial charge in [0.05, 0.1) is 13.2 Å². The first-order valence-electron chi connectivity index (χ1n) is 6.97. The Kier molecular flexibility index (Phi) is 6.76. The summed E-state index contributed by atoms with van der Waals surface area (Å²) in [5, 5.41) is 0. The van der Waals surface area contributed by atoms with Gasteiger partial charge in [0.2, 0.25) is 0 Å². The van der Waals surface area contributed by atoms with E-state index in [1.807, 2.05) is 10.8 Å². The van der Waals surface area contributed by atoms with Crippen molar-refractivity contribution in [2.45, 2.75) is 40.2 Å². The molecule has 0 unspecified atom stereocenters. The minimum absolute atomic E-state index is 0.199. The summed E-state index contributed by atoms with van der Waals surface area (Å²) in [7, 11) is 0. The Hall–Kier alpha value is -1.85. The molecule has 1 heterocycles. The number of carbonyl (C=O) groups excluding carboxylic acids is 2. The third-order valence-corrected chi connectivity index (χ3v) is 2.80. The molecule has 0 aliphatic heterocycles. The molecule has 1 aromatic rings. The quantitative estimate of drug-likeness (QED) is 0.535. The molecule has 0 N–H and O–H groups in total. The van der Waals surface area contributed by atoms with Crippen molar-refractivity contribution in [3.05, 3.63) is 18.2 Å². The highest BCUT2D eigenvalue weighted by atomic mass is 16.6. The number of nitrogens with zero attached hydrogens (tertiary/aromatic N) is 2. The summed E-state index contributed by atoms with van der Waals surface area (Å²) in [5.74, 6) is -1.38. The van der Waals surface area contributed by atoms with Crippen molar-refractivity contribution in [3.8, 4) is 0 Å². The fraction of sp³-hybridized carbons (Fsp3) is 0.643. The lowest BCUT2D eigenvalue weighted by molar-refractivity contribution is -0.161. The largest absolute Gasteiger partial charge is 0.465 e. The summed E-state index contributed by atoms with van der Waals surface area (Å²) in [5.41, 5.74) is 0. The molecular formula is C14H22N2O4.